The van der Waals surface area contributed by atoms with E-state index < -0.39 is 0 Å². The maximum Gasteiger partial charge on any atom is 0.228 e. The van der Waals surface area contributed by atoms with Crippen LogP contribution in [-0.2, 0) is 9.59 Å². The standard InChI is InChI=1S/C16H25N3O2.ClH/c1-16(2,3)19-14(20)9-10-18-15(21)13(11-17)12-7-5-4-6-8-12;/h4-8,13H,9-11,17H2,1-3H3,(H,18,21)(H,19,20);1H. The Morgan fingerprint density at radius 3 is 2.27 bits per heavy atom. The van der Waals surface area contributed by atoms with Crippen LogP contribution in [0.5, 0.6) is 0 Å². The number of nitrogens with one attached hydrogen (secondary N) is 2. The second-order valence-electron chi connectivity index (χ2n) is 6.04. The second kappa shape index (κ2) is 9.43. The SMILES string of the molecule is CC(C)(C)NC(=O)CCNC(=O)C(CN)c1ccccc1.Cl. The lowest BCUT2D eigenvalue weighted by Gasteiger charge is -2.21. The van der Waals surface area contributed by atoms with Gasteiger partial charge in [-0.3, -0.25) is 9.59 Å². The molecule has 0 heterocycles. The van der Waals surface area contributed by atoms with Crippen LogP contribution in [0.1, 0.15) is 38.7 Å². The van der Waals surface area contributed by atoms with Crippen LogP contribution in [0.2, 0.25) is 0 Å². The lowest BCUT2D eigenvalue weighted by Crippen LogP contribution is -2.42. The minimum atomic E-state index is -0.378. The number of carbonyl (C=O) groups is 2. The highest BCUT2D eigenvalue weighted by Crippen LogP contribution is 2.13. The Kier molecular flexibility index (Phi) is 8.75. The van der Waals surface area contributed by atoms with Crippen molar-refractivity contribution in [1.82, 2.24) is 10.6 Å². The molecule has 0 aliphatic carbocycles. The summed E-state index contributed by atoms with van der Waals surface area (Å²) in [4.78, 5) is 23.8. The van der Waals surface area contributed by atoms with Crippen LogP contribution < -0.4 is 16.4 Å². The average molecular weight is 328 g/mol. The number of rotatable bonds is 6. The zero-order valence-corrected chi connectivity index (χ0v) is 14.2. The Morgan fingerprint density at radius 1 is 1.18 bits per heavy atom. The molecular weight excluding hydrogens is 302 g/mol. The van der Waals surface area contributed by atoms with Gasteiger partial charge in [0, 0.05) is 25.0 Å². The van der Waals surface area contributed by atoms with E-state index in [2.05, 4.69) is 10.6 Å². The molecule has 2 amide bonds. The van der Waals surface area contributed by atoms with Gasteiger partial charge in [-0.2, -0.15) is 0 Å². The predicted molar refractivity (Wildman–Crippen MR) is 91.0 cm³/mol. The minimum absolute atomic E-state index is 0. The molecule has 0 aliphatic rings. The molecule has 1 aromatic carbocycles. The summed E-state index contributed by atoms with van der Waals surface area (Å²) in [7, 11) is 0. The van der Waals surface area contributed by atoms with E-state index in [1.165, 1.54) is 0 Å². The Balaban J connectivity index is 0.00000441. The lowest BCUT2D eigenvalue weighted by molar-refractivity contribution is -0.123. The molecule has 22 heavy (non-hydrogen) atoms. The lowest BCUT2D eigenvalue weighted by atomic mass is 9.98. The molecule has 1 rings (SSSR count). The van der Waals surface area contributed by atoms with Crippen LogP contribution in [0.4, 0.5) is 0 Å². The van der Waals surface area contributed by atoms with Crippen molar-refractivity contribution in [3.8, 4) is 0 Å². The third-order valence-corrected chi connectivity index (χ3v) is 2.92. The van der Waals surface area contributed by atoms with Crippen molar-refractivity contribution in [3.63, 3.8) is 0 Å². The van der Waals surface area contributed by atoms with Crippen molar-refractivity contribution < 1.29 is 9.59 Å². The molecule has 0 aliphatic heterocycles. The summed E-state index contributed by atoms with van der Waals surface area (Å²) in [5.74, 6) is -0.601. The van der Waals surface area contributed by atoms with Crippen LogP contribution in [0.25, 0.3) is 0 Å². The monoisotopic (exact) mass is 327 g/mol. The fourth-order valence-corrected chi connectivity index (χ4v) is 1.98. The summed E-state index contributed by atoms with van der Waals surface area (Å²) >= 11 is 0. The molecule has 1 atom stereocenters. The van der Waals surface area contributed by atoms with Gasteiger partial charge in [0.2, 0.25) is 11.8 Å². The van der Waals surface area contributed by atoms with Crippen molar-refractivity contribution >= 4 is 24.2 Å². The highest BCUT2D eigenvalue weighted by molar-refractivity contribution is 5.85. The van der Waals surface area contributed by atoms with E-state index in [1.54, 1.807) is 0 Å². The Morgan fingerprint density at radius 2 is 1.77 bits per heavy atom. The highest BCUT2D eigenvalue weighted by Gasteiger charge is 2.19. The highest BCUT2D eigenvalue weighted by atomic mass is 35.5. The number of hydrogen-bond acceptors (Lipinski definition) is 3. The van der Waals surface area contributed by atoms with Crippen LogP contribution >= 0.6 is 12.4 Å². The molecule has 1 unspecified atom stereocenters. The first-order valence-corrected chi connectivity index (χ1v) is 7.17. The van der Waals surface area contributed by atoms with Gasteiger partial charge in [-0.25, -0.2) is 0 Å². The molecule has 124 valence electrons. The van der Waals surface area contributed by atoms with Gasteiger partial charge in [0.15, 0.2) is 0 Å². The van der Waals surface area contributed by atoms with Crippen LogP contribution in [0.3, 0.4) is 0 Å². The summed E-state index contributed by atoms with van der Waals surface area (Å²) in [5.41, 5.74) is 6.31. The van der Waals surface area contributed by atoms with Crippen molar-refractivity contribution in [3.05, 3.63) is 35.9 Å². The van der Waals surface area contributed by atoms with E-state index >= 15 is 0 Å². The molecule has 1 aromatic rings. The van der Waals surface area contributed by atoms with Crippen molar-refractivity contribution in [2.45, 2.75) is 38.6 Å². The van der Waals surface area contributed by atoms with E-state index in [1.807, 2.05) is 51.1 Å². The number of hydrogen-bond donors (Lipinski definition) is 3. The molecule has 0 aromatic heterocycles. The van der Waals surface area contributed by atoms with Gasteiger partial charge in [-0.1, -0.05) is 30.3 Å². The Bertz CT molecular complexity index is 472. The summed E-state index contributed by atoms with van der Waals surface area (Å²) in [5, 5.41) is 5.62. The van der Waals surface area contributed by atoms with Crippen LogP contribution in [0, 0.1) is 0 Å². The van der Waals surface area contributed by atoms with E-state index in [9.17, 15) is 9.59 Å². The second-order valence-corrected chi connectivity index (χ2v) is 6.04. The zero-order chi connectivity index (χ0) is 15.9. The smallest absolute Gasteiger partial charge is 0.228 e. The number of amides is 2. The Hall–Kier alpha value is -1.59. The molecular formula is C16H26ClN3O2. The first-order chi connectivity index (χ1) is 9.83. The summed E-state index contributed by atoms with van der Waals surface area (Å²) in [6.07, 6.45) is 0.259. The molecule has 0 saturated heterocycles. The average Bonchev–Trinajstić information content (AvgIpc) is 2.38. The number of nitrogens with two attached hydrogens (primary N) is 1. The van der Waals surface area contributed by atoms with Crippen molar-refractivity contribution in [2.24, 2.45) is 5.73 Å². The van der Waals surface area contributed by atoms with Gasteiger partial charge in [-0.15, -0.1) is 12.4 Å². The maximum absolute atomic E-state index is 12.1. The van der Waals surface area contributed by atoms with Gasteiger partial charge in [0.05, 0.1) is 5.92 Å². The zero-order valence-electron chi connectivity index (χ0n) is 13.4. The molecule has 0 radical (unpaired) electrons. The van der Waals surface area contributed by atoms with E-state index in [4.69, 9.17) is 5.73 Å². The molecule has 0 spiro atoms. The van der Waals surface area contributed by atoms with Crippen LogP contribution in [0.15, 0.2) is 30.3 Å². The van der Waals surface area contributed by atoms with E-state index in [0.717, 1.165) is 5.56 Å². The molecule has 5 nitrogen and oxygen atoms in total. The summed E-state index contributed by atoms with van der Waals surface area (Å²) < 4.78 is 0. The van der Waals surface area contributed by atoms with Gasteiger partial charge >= 0.3 is 0 Å². The number of carbonyl (C=O) groups excluding carboxylic acids is 2. The molecule has 6 heteroatoms. The first-order valence-electron chi connectivity index (χ1n) is 7.17. The quantitative estimate of drug-likeness (QED) is 0.741. The van der Waals surface area contributed by atoms with Gasteiger partial charge < -0.3 is 16.4 Å². The van der Waals surface area contributed by atoms with Crippen LogP contribution in [-0.4, -0.2) is 30.4 Å². The van der Waals surface area contributed by atoms with Crippen molar-refractivity contribution in [1.29, 1.82) is 0 Å². The number of benzene rings is 1. The van der Waals surface area contributed by atoms with Gasteiger partial charge in [-0.05, 0) is 26.3 Å². The summed E-state index contributed by atoms with van der Waals surface area (Å²) in [6.45, 7) is 6.31. The van der Waals surface area contributed by atoms with Crippen molar-refractivity contribution in [2.75, 3.05) is 13.1 Å². The molecule has 0 saturated carbocycles. The Labute approximate surface area is 138 Å². The fraction of sp³-hybridized carbons (Fsp3) is 0.500. The maximum atomic E-state index is 12.1. The molecule has 4 N–H and O–H groups in total. The molecule has 0 fully saturated rings. The first kappa shape index (κ1) is 20.4. The fourth-order valence-electron chi connectivity index (χ4n) is 1.98. The largest absolute Gasteiger partial charge is 0.355 e. The van der Waals surface area contributed by atoms with E-state index in [0.29, 0.717) is 6.54 Å². The normalized spacial score (nSPS) is 12.0. The minimum Gasteiger partial charge on any atom is -0.355 e. The molecule has 0 bridgehead atoms. The topological polar surface area (TPSA) is 84.2 Å². The van der Waals surface area contributed by atoms with Gasteiger partial charge in [0.25, 0.3) is 0 Å². The van der Waals surface area contributed by atoms with E-state index in [-0.39, 0.29) is 48.6 Å². The predicted octanol–water partition coefficient (Wildman–Crippen LogP) is 1.57. The third kappa shape index (κ3) is 7.43. The third-order valence-electron chi connectivity index (χ3n) is 2.92. The summed E-state index contributed by atoms with van der Waals surface area (Å²) in [6, 6.07) is 9.41. The van der Waals surface area contributed by atoms with Gasteiger partial charge in [0.1, 0.15) is 0 Å². The number of halogens is 1.